The molecule has 1 fully saturated rings. The first-order chi connectivity index (χ1) is 10.2. The van der Waals surface area contributed by atoms with Crippen LogP contribution in [0.3, 0.4) is 0 Å². The van der Waals surface area contributed by atoms with E-state index in [1.807, 2.05) is 0 Å². The van der Waals surface area contributed by atoms with E-state index in [0.29, 0.717) is 5.92 Å². The fourth-order valence-corrected chi connectivity index (χ4v) is 3.15. The van der Waals surface area contributed by atoms with Crippen LogP contribution >= 0.6 is 11.6 Å². The highest BCUT2D eigenvalue weighted by molar-refractivity contribution is 6.29. The van der Waals surface area contributed by atoms with Crippen molar-refractivity contribution in [2.45, 2.75) is 38.0 Å². The van der Waals surface area contributed by atoms with Crippen molar-refractivity contribution < 1.29 is 9.84 Å². The second-order valence-corrected chi connectivity index (χ2v) is 6.10. The average Bonchev–Trinajstić information content (AvgIpc) is 3.19. The monoisotopic (exact) mass is 302 g/mol. The molecule has 2 aliphatic carbocycles. The van der Waals surface area contributed by atoms with E-state index in [2.05, 4.69) is 22.3 Å². The van der Waals surface area contributed by atoms with Crippen molar-refractivity contribution in [3.05, 3.63) is 40.0 Å². The number of aromatic hydroxyl groups is 1. The van der Waals surface area contributed by atoms with Gasteiger partial charge < -0.3 is 9.84 Å². The Morgan fingerprint density at radius 2 is 2.05 bits per heavy atom. The number of rotatable bonds is 3. The Bertz CT molecular complexity index is 714. The van der Waals surface area contributed by atoms with Crippen molar-refractivity contribution in [1.82, 2.24) is 10.2 Å². The molecule has 2 aliphatic rings. The summed E-state index contributed by atoms with van der Waals surface area (Å²) in [7, 11) is 0. The molecule has 4 rings (SSSR count). The van der Waals surface area contributed by atoms with Crippen LogP contribution in [0.5, 0.6) is 17.4 Å². The molecule has 0 radical (unpaired) electrons. The molecule has 0 amide bonds. The summed E-state index contributed by atoms with van der Waals surface area (Å²) < 4.78 is 5.96. The minimum Gasteiger partial charge on any atom is -0.503 e. The van der Waals surface area contributed by atoms with Gasteiger partial charge in [-0.15, -0.1) is 10.2 Å². The van der Waals surface area contributed by atoms with E-state index < -0.39 is 0 Å². The lowest BCUT2D eigenvalue weighted by atomic mass is 10.0. The molecule has 21 heavy (non-hydrogen) atoms. The quantitative estimate of drug-likeness (QED) is 0.931. The van der Waals surface area contributed by atoms with Gasteiger partial charge in [0.1, 0.15) is 5.75 Å². The lowest BCUT2D eigenvalue weighted by molar-refractivity contribution is 0.387. The predicted molar refractivity (Wildman–Crippen MR) is 79.2 cm³/mol. The molecule has 4 nitrogen and oxygen atoms in total. The molecule has 0 bridgehead atoms. The van der Waals surface area contributed by atoms with Crippen molar-refractivity contribution in [1.29, 1.82) is 0 Å². The first-order valence-corrected chi connectivity index (χ1v) is 7.65. The summed E-state index contributed by atoms with van der Waals surface area (Å²) in [5.41, 5.74) is 3.83. The summed E-state index contributed by atoms with van der Waals surface area (Å²) in [5, 5.41) is 17.7. The van der Waals surface area contributed by atoms with E-state index in [-0.39, 0.29) is 16.8 Å². The smallest absolute Gasteiger partial charge is 0.281 e. The molecule has 108 valence electrons. The normalized spacial score (nSPS) is 16.8. The number of fused-ring (bicyclic) bond motifs is 1. The number of aryl methyl sites for hydroxylation is 1. The highest BCUT2D eigenvalue weighted by Gasteiger charge is 2.30. The number of ether oxygens (including phenoxy) is 1. The molecule has 0 aliphatic heterocycles. The first-order valence-electron chi connectivity index (χ1n) is 7.27. The predicted octanol–water partition coefficient (Wildman–Crippen LogP) is 3.99. The number of aromatic nitrogens is 2. The molecule has 0 unspecified atom stereocenters. The zero-order chi connectivity index (χ0) is 14.4. The number of hydrogen-bond donors (Lipinski definition) is 1. The Balaban J connectivity index is 1.78. The SMILES string of the molecule is Oc1cc(Cl)nnc1Oc1c(C2CC2)ccc2c1CCC2. The second kappa shape index (κ2) is 4.88. The lowest BCUT2D eigenvalue weighted by Gasteiger charge is -2.15. The van der Waals surface area contributed by atoms with Crippen molar-refractivity contribution in [2.75, 3.05) is 0 Å². The van der Waals surface area contributed by atoms with Gasteiger partial charge in [-0.3, -0.25) is 0 Å². The summed E-state index contributed by atoms with van der Waals surface area (Å²) in [6.45, 7) is 0. The van der Waals surface area contributed by atoms with Gasteiger partial charge in [-0.05, 0) is 54.7 Å². The summed E-state index contributed by atoms with van der Waals surface area (Å²) in [4.78, 5) is 0. The van der Waals surface area contributed by atoms with Gasteiger partial charge in [-0.1, -0.05) is 23.7 Å². The Morgan fingerprint density at radius 3 is 2.81 bits per heavy atom. The van der Waals surface area contributed by atoms with Crippen molar-refractivity contribution in [2.24, 2.45) is 0 Å². The maximum atomic E-state index is 9.93. The van der Waals surface area contributed by atoms with Gasteiger partial charge in [-0.25, -0.2) is 0 Å². The van der Waals surface area contributed by atoms with E-state index in [1.54, 1.807) is 0 Å². The van der Waals surface area contributed by atoms with Crippen molar-refractivity contribution >= 4 is 11.6 Å². The third-order valence-corrected chi connectivity index (χ3v) is 4.37. The molecular weight excluding hydrogens is 288 g/mol. The minimum atomic E-state index is -0.0765. The van der Waals surface area contributed by atoms with Crippen molar-refractivity contribution in [3.63, 3.8) is 0 Å². The summed E-state index contributed by atoms with van der Waals surface area (Å²) in [6.07, 6.45) is 5.67. The van der Waals surface area contributed by atoms with Crippen molar-refractivity contribution in [3.8, 4) is 17.4 Å². The standard InChI is InChI=1S/C16H15ClN2O2/c17-14-8-13(20)16(19-18-14)21-15-11-3-1-2-9(11)6-7-12(15)10-4-5-10/h6-8,10H,1-5H2,(H,18,20). The summed E-state index contributed by atoms with van der Waals surface area (Å²) in [6, 6.07) is 5.73. The largest absolute Gasteiger partial charge is 0.503 e. The van der Waals surface area contributed by atoms with Gasteiger partial charge in [0.05, 0.1) is 0 Å². The van der Waals surface area contributed by atoms with Crippen LogP contribution in [0.4, 0.5) is 0 Å². The van der Waals surface area contributed by atoms with Crippen LogP contribution < -0.4 is 4.74 Å². The molecular formula is C16H15ClN2O2. The Morgan fingerprint density at radius 1 is 1.19 bits per heavy atom. The third-order valence-electron chi connectivity index (χ3n) is 4.19. The maximum Gasteiger partial charge on any atom is 0.281 e. The number of halogens is 1. The van der Waals surface area contributed by atoms with Crippen LogP contribution in [0.2, 0.25) is 5.15 Å². The molecule has 2 aromatic rings. The number of benzene rings is 1. The van der Waals surface area contributed by atoms with Gasteiger partial charge in [0.25, 0.3) is 5.88 Å². The van der Waals surface area contributed by atoms with Gasteiger partial charge in [-0.2, -0.15) is 0 Å². The van der Waals surface area contributed by atoms with Crippen LogP contribution in [-0.2, 0) is 12.8 Å². The molecule has 1 saturated carbocycles. The zero-order valence-electron chi connectivity index (χ0n) is 11.5. The van der Waals surface area contributed by atoms with E-state index >= 15 is 0 Å². The molecule has 5 heteroatoms. The van der Waals surface area contributed by atoms with Gasteiger partial charge in [0.15, 0.2) is 10.9 Å². The molecule has 0 atom stereocenters. The molecule has 1 N–H and O–H groups in total. The van der Waals surface area contributed by atoms with Crippen LogP contribution in [0.1, 0.15) is 41.9 Å². The summed E-state index contributed by atoms with van der Waals surface area (Å²) in [5.74, 6) is 1.50. The molecule has 1 heterocycles. The Labute approximate surface area is 127 Å². The topological polar surface area (TPSA) is 55.2 Å². The van der Waals surface area contributed by atoms with Crippen LogP contribution in [0.15, 0.2) is 18.2 Å². The van der Waals surface area contributed by atoms with E-state index in [4.69, 9.17) is 16.3 Å². The molecule has 0 spiro atoms. The fourth-order valence-electron chi connectivity index (χ4n) is 3.00. The molecule has 1 aromatic carbocycles. The Kier molecular flexibility index (Phi) is 3.00. The number of nitrogens with zero attached hydrogens (tertiary/aromatic N) is 2. The highest BCUT2D eigenvalue weighted by atomic mass is 35.5. The van der Waals surface area contributed by atoms with E-state index in [9.17, 15) is 5.11 Å². The van der Waals surface area contributed by atoms with Gasteiger partial charge in [0.2, 0.25) is 0 Å². The van der Waals surface area contributed by atoms with Gasteiger partial charge >= 0.3 is 0 Å². The van der Waals surface area contributed by atoms with E-state index in [0.717, 1.165) is 25.0 Å². The second-order valence-electron chi connectivity index (χ2n) is 5.71. The third kappa shape index (κ3) is 2.33. The molecule has 0 saturated heterocycles. The van der Waals surface area contributed by atoms with Crippen LogP contribution in [0, 0.1) is 0 Å². The zero-order valence-corrected chi connectivity index (χ0v) is 12.2. The summed E-state index contributed by atoms with van der Waals surface area (Å²) >= 11 is 5.72. The lowest BCUT2D eigenvalue weighted by Crippen LogP contribution is -1.99. The van der Waals surface area contributed by atoms with Crippen LogP contribution in [0.25, 0.3) is 0 Å². The fraction of sp³-hybridized carbons (Fsp3) is 0.375. The molecule has 1 aromatic heterocycles. The maximum absolute atomic E-state index is 9.93. The van der Waals surface area contributed by atoms with Crippen LogP contribution in [-0.4, -0.2) is 15.3 Å². The number of hydrogen-bond acceptors (Lipinski definition) is 4. The van der Waals surface area contributed by atoms with E-state index in [1.165, 1.54) is 35.6 Å². The average molecular weight is 303 g/mol. The minimum absolute atomic E-state index is 0.0765. The first kappa shape index (κ1) is 12.9. The highest BCUT2D eigenvalue weighted by Crippen LogP contribution is 2.48. The Hall–Kier alpha value is -1.81. The van der Waals surface area contributed by atoms with Gasteiger partial charge in [0, 0.05) is 6.07 Å².